The van der Waals surface area contributed by atoms with Crippen LogP contribution in [0.15, 0.2) is 31.0 Å². The number of pyridine rings is 1. The van der Waals surface area contributed by atoms with Gasteiger partial charge in [-0.2, -0.15) is 0 Å². The molecule has 0 N–H and O–H groups in total. The molecule has 1 aliphatic carbocycles. The number of hydrogen-bond donors (Lipinski definition) is 0. The van der Waals surface area contributed by atoms with Crippen molar-refractivity contribution in [1.29, 1.82) is 0 Å². The monoisotopic (exact) mass is 434 g/mol. The number of methoxy groups -OCH3 is 1. The third kappa shape index (κ3) is 3.17. The van der Waals surface area contributed by atoms with E-state index < -0.39 is 6.09 Å². The molecule has 166 valence electrons. The molecule has 1 atom stereocenters. The highest BCUT2D eigenvalue weighted by molar-refractivity contribution is 5.92. The second kappa shape index (κ2) is 8.18. The summed E-state index contributed by atoms with van der Waals surface area (Å²) in [5.41, 5.74) is 2.17. The lowest BCUT2D eigenvalue weighted by Crippen LogP contribution is -2.42. The molecule has 1 fully saturated rings. The van der Waals surface area contributed by atoms with Crippen LogP contribution in [0.3, 0.4) is 0 Å². The summed E-state index contributed by atoms with van der Waals surface area (Å²) in [4.78, 5) is 29.9. The molecule has 10 heteroatoms. The Hall–Kier alpha value is -3.56. The van der Waals surface area contributed by atoms with E-state index in [0.717, 1.165) is 36.6 Å². The van der Waals surface area contributed by atoms with Crippen molar-refractivity contribution in [2.45, 2.75) is 51.1 Å². The number of hydrogen-bond acceptors (Lipinski definition) is 8. The van der Waals surface area contributed by atoms with Gasteiger partial charge in [0.1, 0.15) is 12.0 Å². The van der Waals surface area contributed by atoms with Gasteiger partial charge in [0, 0.05) is 24.8 Å². The summed E-state index contributed by atoms with van der Waals surface area (Å²) in [7, 11) is 3.00. The van der Waals surface area contributed by atoms with Gasteiger partial charge in [0.15, 0.2) is 17.5 Å². The first-order chi connectivity index (χ1) is 15.6. The Kier molecular flexibility index (Phi) is 5.20. The molecule has 0 spiro atoms. The Morgan fingerprint density at radius 2 is 2.09 bits per heavy atom. The topological polar surface area (TPSA) is 102 Å². The Balaban J connectivity index is 1.66. The highest BCUT2D eigenvalue weighted by atomic mass is 16.5. The van der Waals surface area contributed by atoms with Gasteiger partial charge < -0.3 is 9.64 Å². The summed E-state index contributed by atoms with van der Waals surface area (Å²) in [6, 6.07) is 2.33. The maximum Gasteiger partial charge on any atom is 0.413 e. The standard InChI is InChI=1S/C22H26N8O2/c1-4-16-21-27-25-13-29(21)18-12-24-19(26-20(18)30(16)14-7-5-6-8-14)15-9-10-23-11-17(15)28(2)22(31)32-3/h9-14,16H,4-8H2,1-3H3/t16-/m1/s1. The molecule has 32 heavy (non-hydrogen) atoms. The van der Waals surface area contributed by atoms with Gasteiger partial charge in [-0.1, -0.05) is 19.8 Å². The summed E-state index contributed by atoms with van der Waals surface area (Å²) >= 11 is 0. The van der Waals surface area contributed by atoms with Gasteiger partial charge in [0.25, 0.3) is 0 Å². The maximum atomic E-state index is 12.2. The maximum absolute atomic E-state index is 12.2. The number of anilines is 2. The van der Waals surface area contributed by atoms with E-state index in [4.69, 9.17) is 9.72 Å². The molecule has 4 heterocycles. The molecule has 0 radical (unpaired) electrons. The predicted octanol–water partition coefficient (Wildman–Crippen LogP) is 3.54. The zero-order valence-electron chi connectivity index (χ0n) is 18.5. The SMILES string of the molecule is CC[C@@H]1c2nncn2-c2cnc(-c3ccncc3N(C)C(=O)OC)nc2N1C1CCCC1. The molecule has 5 rings (SSSR count). The molecular formula is C22H26N8O2. The Morgan fingerprint density at radius 1 is 1.28 bits per heavy atom. The number of amides is 1. The molecule has 1 amide bonds. The molecule has 0 saturated heterocycles. The lowest BCUT2D eigenvalue weighted by molar-refractivity contribution is 0.180. The molecule has 0 bridgehead atoms. The quantitative estimate of drug-likeness (QED) is 0.614. The average molecular weight is 435 g/mol. The molecule has 0 unspecified atom stereocenters. The van der Waals surface area contributed by atoms with Crippen LogP contribution in [-0.4, -0.2) is 56.0 Å². The van der Waals surface area contributed by atoms with E-state index in [2.05, 4.69) is 32.0 Å². The number of nitrogens with zero attached hydrogens (tertiary/aromatic N) is 8. The molecule has 3 aromatic rings. The fraction of sp³-hybridized carbons (Fsp3) is 0.455. The van der Waals surface area contributed by atoms with Crippen LogP contribution in [0.2, 0.25) is 0 Å². The molecule has 3 aromatic heterocycles. The van der Waals surface area contributed by atoms with Crippen molar-refractivity contribution < 1.29 is 9.53 Å². The summed E-state index contributed by atoms with van der Waals surface area (Å²) in [6.45, 7) is 2.17. The summed E-state index contributed by atoms with van der Waals surface area (Å²) in [5, 5.41) is 8.60. The van der Waals surface area contributed by atoms with Crippen LogP contribution < -0.4 is 9.80 Å². The third-order valence-corrected chi connectivity index (χ3v) is 6.42. The van der Waals surface area contributed by atoms with Crippen molar-refractivity contribution >= 4 is 17.6 Å². The minimum atomic E-state index is -0.482. The molecule has 1 saturated carbocycles. The van der Waals surface area contributed by atoms with Gasteiger partial charge in [-0.05, 0) is 25.3 Å². The van der Waals surface area contributed by atoms with E-state index in [9.17, 15) is 4.79 Å². The Bertz CT molecular complexity index is 1140. The Labute approximate surface area is 186 Å². The van der Waals surface area contributed by atoms with Gasteiger partial charge in [-0.15, -0.1) is 10.2 Å². The molecule has 0 aromatic carbocycles. The molecule has 2 aliphatic rings. The largest absolute Gasteiger partial charge is 0.452 e. The van der Waals surface area contributed by atoms with E-state index in [1.807, 2.05) is 16.8 Å². The van der Waals surface area contributed by atoms with Gasteiger partial charge in [-0.3, -0.25) is 14.5 Å². The highest BCUT2D eigenvalue weighted by Gasteiger charge is 2.38. The van der Waals surface area contributed by atoms with Crippen LogP contribution in [0.5, 0.6) is 0 Å². The first kappa shape index (κ1) is 20.3. The molecule has 10 nitrogen and oxygen atoms in total. The second-order valence-corrected chi connectivity index (χ2v) is 8.15. The number of carbonyl (C=O) groups excluding carboxylic acids is 1. The zero-order valence-corrected chi connectivity index (χ0v) is 18.5. The minimum absolute atomic E-state index is 0.102. The van der Waals surface area contributed by atoms with Crippen LogP contribution in [-0.2, 0) is 4.74 Å². The minimum Gasteiger partial charge on any atom is -0.452 e. The highest BCUT2D eigenvalue weighted by Crippen LogP contribution is 2.43. The second-order valence-electron chi connectivity index (χ2n) is 8.15. The fourth-order valence-electron chi connectivity index (χ4n) is 4.85. The van der Waals surface area contributed by atoms with Crippen LogP contribution in [0.4, 0.5) is 16.3 Å². The summed E-state index contributed by atoms with van der Waals surface area (Å²) in [6.07, 6.45) is 12.0. The van der Waals surface area contributed by atoms with Crippen molar-refractivity contribution in [1.82, 2.24) is 29.7 Å². The summed E-state index contributed by atoms with van der Waals surface area (Å²) < 4.78 is 6.88. The fourth-order valence-corrected chi connectivity index (χ4v) is 4.85. The first-order valence-electron chi connectivity index (χ1n) is 11.0. The predicted molar refractivity (Wildman–Crippen MR) is 119 cm³/mol. The number of rotatable bonds is 4. The first-order valence-corrected chi connectivity index (χ1v) is 11.0. The number of aromatic nitrogens is 6. The van der Waals surface area contributed by atoms with Crippen molar-refractivity contribution in [2.24, 2.45) is 0 Å². The molecular weight excluding hydrogens is 408 g/mol. The van der Waals surface area contributed by atoms with Crippen LogP contribution in [0.1, 0.15) is 50.9 Å². The van der Waals surface area contributed by atoms with Crippen LogP contribution in [0, 0.1) is 0 Å². The average Bonchev–Trinajstić information content (AvgIpc) is 3.54. The number of carbonyl (C=O) groups is 1. The van der Waals surface area contributed by atoms with E-state index in [1.165, 1.54) is 24.9 Å². The number of fused-ring (bicyclic) bond motifs is 3. The third-order valence-electron chi connectivity index (χ3n) is 6.42. The van der Waals surface area contributed by atoms with Gasteiger partial charge in [0.2, 0.25) is 0 Å². The van der Waals surface area contributed by atoms with Crippen molar-refractivity contribution in [3.05, 3.63) is 36.8 Å². The van der Waals surface area contributed by atoms with Gasteiger partial charge >= 0.3 is 6.09 Å². The lowest BCUT2D eigenvalue weighted by Gasteiger charge is -2.40. The normalized spacial score (nSPS) is 17.7. The van der Waals surface area contributed by atoms with Crippen LogP contribution >= 0.6 is 0 Å². The smallest absolute Gasteiger partial charge is 0.413 e. The van der Waals surface area contributed by atoms with Crippen LogP contribution in [0.25, 0.3) is 17.1 Å². The van der Waals surface area contributed by atoms with Gasteiger partial charge in [-0.25, -0.2) is 14.8 Å². The lowest BCUT2D eigenvalue weighted by atomic mass is 10.0. The van der Waals surface area contributed by atoms with Crippen molar-refractivity contribution in [3.63, 3.8) is 0 Å². The zero-order chi connectivity index (χ0) is 22.2. The Morgan fingerprint density at radius 3 is 2.84 bits per heavy atom. The van der Waals surface area contributed by atoms with Gasteiger partial charge in [0.05, 0.1) is 31.2 Å². The van der Waals surface area contributed by atoms with E-state index in [-0.39, 0.29) is 6.04 Å². The van der Waals surface area contributed by atoms with E-state index >= 15 is 0 Å². The summed E-state index contributed by atoms with van der Waals surface area (Å²) in [5.74, 6) is 2.34. The molecule has 1 aliphatic heterocycles. The van der Waals surface area contributed by atoms with E-state index in [1.54, 1.807) is 25.8 Å². The van der Waals surface area contributed by atoms with Crippen molar-refractivity contribution in [2.75, 3.05) is 24.0 Å². The van der Waals surface area contributed by atoms with Crippen molar-refractivity contribution in [3.8, 4) is 17.1 Å². The number of ether oxygens (including phenoxy) is 1. The van der Waals surface area contributed by atoms with E-state index in [0.29, 0.717) is 23.1 Å².